The van der Waals surface area contributed by atoms with Gasteiger partial charge in [-0.25, -0.2) is 19.2 Å². The van der Waals surface area contributed by atoms with Crippen molar-refractivity contribution in [3.8, 4) is 0 Å². The second-order valence-electron chi connectivity index (χ2n) is 11.3. The maximum Gasteiger partial charge on any atom is 0.250 e. The predicted octanol–water partition coefficient (Wildman–Crippen LogP) is 5.66. The first-order valence-electron chi connectivity index (χ1n) is 16.1. The van der Waals surface area contributed by atoms with Crippen LogP contribution in [0.5, 0.6) is 0 Å². The summed E-state index contributed by atoms with van der Waals surface area (Å²) in [6.07, 6.45) is 15.6. The molecule has 0 saturated heterocycles. The first kappa shape index (κ1) is 41.2. The van der Waals surface area contributed by atoms with E-state index < -0.39 is 22.9 Å². The molecule has 2 aliphatic rings. The van der Waals surface area contributed by atoms with Gasteiger partial charge in [-0.05, 0) is 46.6 Å². The molecule has 2 aliphatic carbocycles. The summed E-state index contributed by atoms with van der Waals surface area (Å²) in [5.74, 6) is -2.18. The van der Waals surface area contributed by atoms with Crippen LogP contribution in [0.25, 0.3) is 0 Å². The fourth-order valence-corrected chi connectivity index (χ4v) is 8.38. The van der Waals surface area contributed by atoms with Crippen molar-refractivity contribution in [2.45, 2.75) is 33.4 Å². The van der Waals surface area contributed by atoms with E-state index in [9.17, 15) is 19.2 Å². The number of benzene rings is 2. The Kier molecular flexibility index (Phi) is 15.1. The molecule has 0 amide bonds. The van der Waals surface area contributed by atoms with Crippen LogP contribution in [0, 0.1) is 0 Å². The molecule has 2 aromatic rings. The molecule has 2 aromatic carbocycles. The van der Waals surface area contributed by atoms with Crippen molar-refractivity contribution >= 4 is 47.8 Å². The van der Waals surface area contributed by atoms with E-state index in [-0.39, 0.29) is 10.5 Å². The molecule has 13 nitrogen and oxygen atoms in total. The third-order valence-electron chi connectivity index (χ3n) is 8.67. The highest BCUT2D eigenvalue weighted by atomic mass is 32.2. The van der Waals surface area contributed by atoms with Crippen LogP contribution in [-0.4, -0.2) is 100 Å². The molecule has 0 saturated carbocycles. The van der Waals surface area contributed by atoms with Crippen molar-refractivity contribution < 1.29 is 42.9 Å². The van der Waals surface area contributed by atoms with Crippen molar-refractivity contribution in [1.82, 2.24) is 0 Å². The third kappa shape index (κ3) is 8.80. The molecule has 2 atom stereocenters. The van der Waals surface area contributed by atoms with Crippen LogP contribution in [0.4, 0.5) is 0 Å². The molecule has 0 bridgehead atoms. The Morgan fingerprint density at radius 3 is 1.21 bits per heavy atom. The van der Waals surface area contributed by atoms with E-state index in [0.29, 0.717) is 24.7 Å². The molecule has 0 heterocycles. The molecule has 0 aromatic heterocycles. The minimum atomic E-state index is -1.83. The van der Waals surface area contributed by atoms with E-state index in [1.807, 2.05) is 60.7 Å². The molecule has 0 spiro atoms. The van der Waals surface area contributed by atoms with Crippen LogP contribution >= 0.6 is 23.5 Å². The van der Waals surface area contributed by atoms with Gasteiger partial charge in [0.15, 0.2) is 0 Å². The SMILES string of the molecule is COC1(OC)C=C(C(SCCOCCSC(C2=CC(OC)(OC)C(N=C=O)(N=C=O)C=C2)c2ccccc2)c2ccccc2)C=CC1(N=C=O)N=C=O. The molecular formula is C38H38N4O9S2. The average Bonchev–Trinajstić information content (AvgIpc) is 3.19. The number of hydrogen-bond donors (Lipinski definition) is 0. The lowest BCUT2D eigenvalue weighted by molar-refractivity contribution is -0.201. The first-order valence-corrected chi connectivity index (χ1v) is 18.2. The molecule has 15 heteroatoms. The maximum atomic E-state index is 11.4. The van der Waals surface area contributed by atoms with E-state index in [1.54, 1.807) is 47.8 Å². The summed E-state index contributed by atoms with van der Waals surface area (Å²) in [6, 6.07) is 19.6. The smallest absolute Gasteiger partial charge is 0.250 e. The second-order valence-corrected chi connectivity index (χ2v) is 13.7. The van der Waals surface area contributed by atoms with Gasteiger partial charge in [0.05, 0.1) is 23.7 Å². The van der Waals surface area contributed by atoms with Gasteiger partial charge in [0.25, 0.3) is 0 Å². The van der Waals surface area contributed by atoms with Crippen molar-refractivity contribution in [3.63, 3.8) is 0 Å². The second kappa shape index (κ2) is 19.5. The fourth-order valence-electron chi connectivity index (χ4n) is 6.10. The number of isocyanates is 4. The summed E-state index contributed by atoms with van der Waals surface area (Å²) < 4.78 is 28.9. The van der Waals surface area contributed by atoms with Gasteiger partial charge in [0.1, 0.15) is 0 Å². The van der Waals surface area contributed by atoms with Crippen LogP contribution in [0.3, 0.4) is 0 Å². The molecule has 4 rings (SSSR count). The highest BCUT2D eigenvalue weighted by Crippen LogP contribution is 2.47. The van der Waals surface area contributed by atoms with E-state index in [2.05, 4.69) is 20.0 Å². The minimum absolute atomic E-state index is 0.206. The number of aliphatic imine (C=N–C) groups is 4. The van der Waals surface area contributed by atoms with Crippen molar-refractivity contribution in [2.75, 3.05) is 53.2 Å². The third-order valence-corrected chi connectivity index (χ3v) is 11.2. The van der Waals surface area contributed by atoms with Gasteiger partial charge in [0.2, 0.25) is 47.2 Å². The van der Waals surface area contributed by atoms with E-state index in [4.69, 9.17) is 23.7 Å². The van der Waals surface area contributed by atoms with Gasteiger partial charge in [-0.1, -0.05) is 72.8 Å². The Morgan fingerprint density at radius 2 is 0.906 bits per heavy atom. The lowest BCUT2D eigenvalue weighted by Gasteiger charge is -2.40. The van der Waals surface area contributed by atoms with Gasteiger partial charge >= 0.3 is 0 Å². The predicted molar refractivity (Wildman–Crippen MR) is 200 cm³/mol. The number of nitrogens with zero attached hydrogens (tertiary/aromatic N) is 4. The maximum absolute atomic E-state index is 11.4. The number of allylic oxidation sites excluding steroid dienone is 2. The number of carbonyl (C=O) groups excluding carboxylic acids is 4. The zero-order valence-corrected chi connectivity index (χ0v) is 31.1. The van der Waals surface area contributed by atoms with Gasteiger partial charge in [-0.2, -0.15) is 20.0 Å². The molecule has 0 fully saturated rings. The van der Waals surface area contributed by atoms with Crippen molar-refractivity contribution in [2.24, 2.45) is 20.0 Å². The normalized spacial score (nSPS) is 22.0. The molecule has 276 valence electrons. The Hall–Kier alpha value is -4.58. The number of thioether (sulfide) groups is 2. The van der Waals surface area contributed by atoms with Crippen LogP contribution in [0.1, 0.15) is 21.6 Å². The Balaban J connectivity index is 1.47. The number of hydrogen-bond acceptors (Lipinski definition) is 15. The van der Waals surface area contributed by atoms with E-state index in [1.165, 1.54) is 64.9 Å². The standard InChI is InChI=1S/C38H38N4O9S2/c1-47-37(48-2)23-31(15-17-35(37,39-25-43)40-26-44)33(29-11-7-5-8-12-29)52-21-19-51-20-22-53-34(30-13-9-6-10-14-30)32-16-18-36(41-27-45,42-28-46)38(24-32,49-3)50-4/h5-18,23-24,33-34H,19-22H2,1-4H3. The molecule has 2 unspecified atom stereocenters. The highest BCUT2D eigenvalue weighted by molar-refractivity contribution is 8.00. The first-order chi connectivity index (χ1) is 25.8. The topological polar surface area (TPSA) is 164 Å². The number of ether oxygens (including phenoxy) is 5. The summed E-state index contributed by atoms with van der Waals surface area (Å²) in [5, 5.41) is -0.413. The Bertz CT molecular complexity index is 1700. The summed E-state index contributed by atoms with van der Waals surface area (Å²) in [4.78, 5) is 60.5. The zero-order valence-electron chi connectivity index (χ0n) is 29.5. The van der Waals surface area contributed by atoms with E-state index >= 15 is 0 Å². The number of methoxy groups -OCH3 is 4. The van der Waals surface area contributed by atoms with E-state index in [0.717, 1.165) is 22.3 Å². The average molecular weight is 759 g/mol. The summed E-state index contributed by atoms with van der Waals surface area (Å²) in [6.45, 7) is 0.871. The van der Waals surface area contributed by atoms with Crippen molar-refractivity contribution in [1.29, 1.82) is 0 Å². The monoisotopic (exact) mass is 758 g/mol. The Morgan fingerprint density at radius 1 is 0.566 bits per heavy atom. The van der Waals surface area contributed by atoms with Crippen LogP contribution in [0.2, 0.25) is 0 Å². The molecular weight excluding hydrogens is 721 g/mol. The zero-order chi connectivity index (χ0) is 38.2. The van der Waals surface area contributed by atoms with Gasteiger partial charge in [0, 0.05) is 39.9 Å². The molecule has 0 aliphatic heterocycles. The molecule has 0 N–H and O–H groups in total. The quantitative estimate of drug-likeness (QED) is 0.0709. The summed E-state index contributed by atoms with van der Waals surface area (Å²) in [5.41, 5.74) is -0.103. The fraction of sp³-hybridized carbons (Fsp3) is 0.368. The highest BCUT2D eigenvalue weighted by Gasteiger charge is 2.55. The Labute approximate surface area is 315 Å². The molecule has 53 heavy (non-hydrogen) atoms. The minimum Gasteiger partial charge on any atom is -0.380 e. The van der Waals surface area contributed by atoms with Gasteiger partial charge < -0.3 is 23.7 Å². The van der Waals surface area contributed by atoms with Crippen molar-refractivity contribution in [3.05, 3.63) is 119 Å². The van der Waals surface area contributed by atoms with Crippen LogP contribution in [-0.2, 0) is 42.9 Å². The van der Waals surface area contributed by atoms with Gasteiger partial charge in [-0.3, -0.25) is 0 Å². The lowest BCUT2D eigenvalue weighted by atomic mass is 9.88. The van der Waals surface area contributed by atoms with Crippen LogP contribution < -0.4 is 0 Å². The summed E-state index contributed by atoms with van der Waals surface area (Å²) in [7, 11) is 5.48. The largest absolute Gasteiger partial charge is 0.380 e. The van der Waals surface area contributed by atoms with Gasteiger partial charge in [-0.15, -0.1) is 23.5 Å². The number of rotatable bonds is 20. The lowest BCUT2D eigenvalue weighted by Crippen LogP contribution is -2.53. The van der Waals surface area contributed by atoms with Crippen LogP contribution in [0.15, 0.2) is 128 Å². The summed E-state index contributed by atoms with van der Waals surface area (Å²) >= 11 is 3.26. The molecule has 0 radical (unpaired) electrons.